The maximum absolute atomic E-state index is 12.2. The molecule has 0 saturated carbocycles. The zero-order valence-corrected chi connectivity index (χ0v) is 11.6. The molecular formula is C14H11NO5S. The fraction of sp³-hybridized carbons (Fsp3) is 0.143. The number of carbonyl (C=O) groups is 2. The lowest BCUT2D eigenvalue weighted by atomic mass is 10.1. The van der Waals surface area contributed by atoms with Crippen LogP contribution in [0.25, 0.3) is 0 Å². The lowest BCUT2D eigenvalue weighted by Crippen LogP contribution is -2.33. The Labute approximate surface area is 123 Å². The number of carboxylic acid groups (broad SMARTS) is 1. The predicted octanol–water partition coefficient (Wildman–Crippen LogP) is 2.03. The van der Waals surface area contributed by atoms with E-state index in [0.29, 0.717) is 21.9 Å². The van der Waals surface area contributed by atoms with E-state index in [9.17, 15) is 14.7 Å². The summed E-state index contributed by atoms with van der Waals surface area (Å²) in [4.78, 5) is 24.1. The van der Waals surface area contributed by atoms with Crippen LogP contribution in [-0.2, 0) is 4.79 Å². The number of hydrogen-bond acceptors (Lipinski definition) is 5. The Morgan fingerprint density at radius 1 is 1.24 bits per heavy atom. The molecule has 0 fully saturated rings. The Balaban J connectivity index is 1.80. The summed E-state index contributed by atoms with van der Waals surface area (Å²) in [6, 6.07) is 7.06. The minimum atomic E-state index is -1.11. The zero-order valence-electron chi connectivity index (χ0n) is 10.7. The topological polar surface area (TPSA) is 84.9 Å². The quantitative estimate of drug-likeness (QED) is 0.903. The molecule has 0 spiro atoms. The number of amides is 1. The largest absolute Gasteiger partial charge is 0.479 e. The molecule has 1 aromatic heterocycles. The Bertz CT molecular complexity index is 683. The van der Waals surface area contributed by atoms with Gasteiger partial charge in [0.1, 0.15) is 0 Å². The highest BCUT2D eigenvalue weighted by molar-refractivity contribution is 7.10. The van der Waals surface area contributed by atoms with E-state index in [1.54, 1.807) is 29.6 Å². The Morgan fingerprint density at radius 2 is 2.05 bits per heavy atom. The molecular weight excluding hydrogens is 294 g/mol. The molecule has 2 heterocycles. The number of carbonyl (C=O) groups excluding carboxylic acids is 1. The molecule has 0 bridgehead atoms. The van der Waals surface area contributed by atoms with E-state index in [2.05, 4.69) is 5.32 Å². The van der Waals surface area contributed by atoms with Crippen LogP contribution in [0.4, 0.5) is 0 Å². The molecule has 0 saturated heterocycles. The van der Waals surface area contributed by atoms with E-state index in [0.717, 1.165) is 0 Å². The first-order valence-electron chi connectivity index (χ1n) is 6.12. The highest BCUT2D eigenvalue weighted by Crippen LogP contribution is 2.32. The number of thiophene rings is 1. The lowest BCUT2D eigenvalue weighted by Gasteiger charge is -2.13. The number of fused-ring (bicyclic) bond motifs is 1. The minimum Gasteiger partial charge on any atom is -0.479 e. The lowest BCUT2D eigenvalue weighted by molar-refractivity contribution is -0.139. The van der Waals surface area contributed by atoms with Gasteiger partial charge in [0.25, 0.3) is 5.91 Å². The van der Waals surface area contributed by atoms with Crippen LogP contribution in [0.3, 0.4) is 0 Å². The third-order valence-corrected chi connectivity index (χ3v) is 3.92. The van der Waals surface area contributed by atoms with Crippen molar-refractivity contribution in [2.45, 2.75) is 6.04 Å². The second-order valence-corrected chi connectivity index (χ2v) is 5.31. The summed E-state index contributed by atoms with van der Waals surface area (Å²) in [5.74, 6) is -0.536. The van der Waals surface area contributed by atoms with Crippen molar-refractivity contribution in [2.75, 3.05) is 6.79 Å². The van der Waals surface area contributed by atoms with Crippen LogP contribution in [0, 0.1) is 0 Å². The summed E-state index contributed by atoms with van der Waals surface area (Å²) in [5, 5.41) is 13.5. The molecule has 6 nitrogen and oxygen atoms in total. The van der Waals surface area contributed by atoms with Crippen molar-refractivity contribution in [3.05, 3.63) is 46.2 Å². The van der Waals surface area contributed by atoms with Gasteiger partial charge in [0, 0.05) is 10.4 Å². The maximum atomic E-state index is 12.2. The van der Waals surface area contributed by atoms with Gasteiger partial charge in [0.15, 0.2) is 17.5 Å². The van der Waals surface area contributed by atoms with Gasteiger partial charge in [-0.25, -0.2) is 4.79 Å². The van der Waals surface area contributed by atoms with Crippen molar-refractivity contribution in [3.8, 4) is 11.5 Å². The van der Waals surface area contributed by atoms with Crippen molar-refractivity contribution in [1.82, 2.24) is 5.32 Å². The molecule has 1 aliphatic heterocycles. The summed E-state index contributed by atoms with van der Waals surface area (Å²) in [7, 11) is 0. The average Bonchev–Trinajstić information content (AvgIpc) is 3.14. The van der Waals surface area contributed by atoms with Crippen LogP contribution in [0.1, 0.15) is 21.3 Å². The Kier molecular flexibility index (Phi) is 3.49. The minimum absolute atomic E-state index is 0.118. The fourth-order valence-corrected chi connectivity index (χ4v) is 2.73. The standard InChI is InChI=1S/C14H11NO5S/c16-13(8-3-4-9-10(6-8)20-7-19-9)15-12(14(17)18)11-2-1-5-21-11/h1-6,12H,7H2,(H,15,16)(H,17,18). The van der Waals surface area contributed by atoms with E-state index in [-0.39, 0.29) is 6.79 Å². The van der Waals surface area contributed by atoms with Crippen molar-refractivity contribution in [1.29, 1.82) is 0 Å². The van der Waals surface area contributed by atoms with Crippen LogP contribution in [0.2, 0.25) is 0 Å². The number of ether oxygens (including phenoxy) is 2. The normalized spacial score (nSPS) is 13.7. The zero-order chi connectivity index (χ0) is 14.8. The first-order chi connectivity index (χ1) is 10.1. The van der Waals surface area contributed by atoms with Crippen LogP contribution in [0.5, 0.6) is 11.5 Å². The van der Waals surface area contributed by atoms with Gasteiger partial charge in [-0.2, -0.15) is 0 Å². The smallest absolute Gasteiger partial charge is 0.331 e. The molecule has 2 aromatic rings. The highest BCUT2D eigenvalue weighted by atomic mass is 32.1. The molecule has 108 valence electrons. The molecule has 21 heavy (non-hydrogen) atoms. The molecule has 1 aromatic carbocycles. The van der Waals surface area contributed by atoms with Gasteiger partial charge in [-0.1, -0.05) is 6.07 Å². The molecule has 2 N–H and O–H groups in total. The summed E-state index contributed by atoms with van der Waals surface area (Å²) in [6.45, 7) is 0.118. The molecule has 0 radical (unpaired) electrons. The molecule has 0 aliphatic carbocycles. The summed E-state index contributed by atoms with van der Waals surface area (Å²) in [6.07, 6.45) is 0. The van der Waals surface area contributed by atoms with Crippen LogP contribution in [-0.4, -0.2) is 23.8 Å². The van der Waals surface area contributed by atoms with Gasteiger partial charge in [-0.15, -0.1) is 11.3 Å². The molecule has 1 aliphatic rings. The van der Waals surface area contributed by atoms with Gasteiger partial charge in [0.05, 0.1) is 0 Å². The molecule has 1 amide bonds. The fourth-order valence-electron chi connectivity index (χ4n) is 1.96. The van der Waals surface area contributed by atoms with E-state index in [1.807, 2.05) is 0 Å². The van der Waals surface area contributed by atoms with Crippen molar-refractivity contribution < 1.29 is 24.2 Å². The van der Waals surface area contributed by atoms with E-state index >= 15 is 0 Å². The van der Waals surface area contributed by atoms with Crippen molar-refractivity contribution in [3.63, 3.8) is 0 Å². The van der Waals surface area contributed by atoms with E-state index in [4.69, 9.17) is 9.47 Å². The second kappa shape index (κ2) is 5.45. The maximum Gasteiger partial charge on any atom is 0.331 e. The van der Waals surface area contributed by atoms with E-state index in [1.165, 1.54) is 17.4 Å². The van der Waals surface area contributed by atoms with Crippen LogP contribution >= 0.6 is 11.3 Å². The van der Waals surface area contributed by atoms with Gasteiger partial charge in [-0.3, -0.25) is 4.79 Å². The van der Waals surface area contributed by atoms with Gasteiger partial charge >= 0.3 is 5.97 Å². The van der Waals surface area contributed by atoms with Gasteiger partial charge in [-0.05, 0) is 29.6 Å². The number of benzene rings is 1. The number of nitrogens with one attached hydrogen (secondary N) is 1. The summed E-state index contributed by atoms with van der Waals surface area (Å²) in [5.41, 5.74) is 0.321. The molecule has 1 unspecified atom stereocenters. The Morgan fingerprint density at radius 3 is 2.76 bits per heavy atom. The van der Waals surface area contributed by atoms with Gasteiger partial charge < -0.3 is 19.9 Å². The van der Waals surface area contributed by atoms with Crippen molar-refractivity contribution in [2.24, 2.45) is 0 Å². The number of rotatable bonds is 4. The SMILES string of the molecule is O=C(NC(C(=O)O)c1cccs1)c1ccc2c(c1)OCO2. The summed E-state index contributed by atoms with van der Waals surface area (Å²) >= 11 is 1.28. The molecule has 7 heteroatoms. The third kappa shape index (κ3) is 2.68. The van der Waals surface area contributed by atoms with Gasteiger partial charge in [0.2, 0.25) is 6.79 Å². The molecule has 1 atom stereocenters. The predicted molar refractivity (Wildman–Crippen MR) is 74.7 cm³/mol. The number of aliphatic carboxylic acids is 1. The van der Waals surface area contributed by atoms with Crippen LogP contribution < -0.4 is 14.8 Å². The van der Waals surface area contributed by atoms with Crippen molar-refractivity contribution >= 4 is 23.2 Å². The molecule has 3 rings (SSSR count). The Hall–Kier alpha value is -2.54. The first kappa shape index (κ1) is 13.4. The highest BCUT2D eigenvalue weighted by Gasteiger charge is 2.24. The van der Waals surface area contributed by atoms with Crippen LogP contribution in [0.15, 0.2) is 35.7 Å². The number of hydrogen-bond donors (Lipinski definition) is 2. The average molecular weight is 305 g/mol. The second-order valence-electron chi connectivity index (χ2n) is 4.33. The van der Waals surface area contributed by atoms with E-state index < -0.39 is 17.9 Å². The summed E-state index contributed by atoms with van der Waals surface area (Å²) < 4.78 is 10.4. The number of carboxylic acids is 1. The first-order valence-corrected chi connectivity index (χ1v) is 7.00. The third-order valence-electron chi connectivity index (χ3n) is 2.98. The monoisotopic (exact) mass is 305 g/mol.